The zero-order chi connectivity index (χ0) is 17.6. The van der Waals surface area contributed by atoms with Gasteiger partial charge in [-0.2, -0.15) is 0 Å². The Morgan fingerprint density at radius 2 is 1.92 bits per heavy atom. The Labute approximate surface area is 148 Å². The van der Waals surface area contributed by atoms with Gasteiger partial charge in [0.2, 0.25) is 0 Å². The second-order valence-corrected chi connectivity index (χ2v) is 6.77. The summed E-state index contributed by atoms with van der Waals surface area (Å²) < 4.78 is 6.84. The molecule has 126 valence electrons. The van der Waals surface area contributed by atoms with E-state index in [9.17, 15) is 4.79 Å². The van der Waals surface area contributed by atoms with Gasteiger partial charge in [-0.05, 0) is 24.3 Å². The normalized spacial score (nSPS) is 15.4. The fourth-order valence-corrected chi connectivity index (χ4v) is 4.13. The molecule has 0 saturated carbocycles. The first-order chi connectivity index (χ1) is 12.1. The van der Waals surface area contributed by atoms with Gasteiger partial charge < -0.3 is 9.64 Å². The SMILES string of the molecule is C=c1[nH]n(-c2ccccc2)c(=O)c1=C1Sc2ccc(OC)cc2N1C. The number of anilines is 1. The van der Waals surface area contributed by atoms with Crippen LogP contribution in [0.2, 0.25) is 0 Å². The molecule has 6 heteroatoms. The molecular weight excluding hydrogens is 334 g/mol. The standard InChI is InChI=1S/C19H17N3O2S/c1-12-17(18(23)22(20-12)13-7-5-4-6-8-13)19-21(2)15-11-14(24-3)9-10-16(15)25-19/h4-11,20H,1H2,2-3H3. The van der Waals surface area contributed by atoms with Gasteiger partial charge >= 0.3 is 0 Å². The van der Waals surface area contributed by atoms with Crippen molar-refractivity contribution in [1.82, 2.24) is 9.78 Å². The van der Waals surface area contributed by atoms with Crippen LogP contribution in [0.15, 0.2) is 58.2 Å². The summed E-state index contributed by atoms with van der Waals surface area (Å²) in [6.45, 7) is 4.04. The molecule has 1 aliphatic rings. The molecule has 1 N–H and O–H groups in total. The minimum absolute atomic E-state index is 0.106. The average Bonchev–Trinajstić information content (AvgIpc) is 3.11. The highest BCUT2D eigenvalue weighted by Gasteiger charge is 2.25. The maximum absolute atomic E-state index is 13.0. The topological polar surface area (TPSA) is 50.3 Å². The quantitative estimate of drug-likeness (QED) is 0.766. The molecule has 2 heterocycles. The van der Waals surface area contributed by atoms with Crippen molar-refractivity contribution in [2.45, 2.75) is 4.90 Å². The van der Waals surface area contributed by atoms with Crippen molar-refractivity contribution in [2.75, 3.05) is 19.1 Å². The van der Waals surface area contributed by atoms with Crippen molar-refractivity contribution >= 4 is 29.1 Å². The molecule has 0 radical (unpaired) electrons. The fraction of sp³-hybridized carbons (Fsp3) is 0.105. The molecule has 0 bridgehead atoms. The first kappa shape index (κ1) is 15.7. The number of thioether (sulfide) groups is 1. The number of ether oxygens (including phenoxy) is 1. The lowest BCUT2D eigenvalue weighted by molar-refractivity contribution is 0.414. The van der Waals surface area contributed by atoms with Crippen LogP contribution >= 0.6 is 11.8 Å². The van der Waals surface area contributed by atoms with Crippen LogP contribution in [0.1, 0.15) is 0 Å². The largest absolute Gasteiger partial charge is 0.497 e. The Bertz CT molecular complexity index is 1120. The molecule has 0 spiro atoms. The Hall–Kier alpha value is -2.86. The number of para-hydroxylation sites is 1. The molecule has 4 rings (SSSR count). The fourth-order valence-electron chi connectivity index (χ4n) is 2.94. The van der Waals surface area contributed by atoms with Crippen molar-refractivity contribution in [3.05, 3.63) is 69.5 Å². The number of nitrogens with zero attached hydrogens (tertiary/aromatic N) is 2. The molecule has 1 aromatic heterocycles. The maximum atomic E-state index is 13.0. The number of rotatable bonds is 2. The van der Waals surface area contributed by atoms with Crippen LogP contribution in [0.4, 0.5) is 5.69 Å². The smallest absolute Gasteiger partial charge is 0.281 e. The van der Waals surface area contributed by atoms with Crippen LogP contribution < -0.4 is 25.8 Å². The van der Waals surface area contributed by atoms with E-state index in [2.05, 4.69) is 11.7 Å². The predicted octanol–water partition coefficient (Wildman–Crippen LogP) is 1.89. The third-order valence-electron chi connectivity index (χ3n) is 4.23. The summed E-state index contributed by atoms with van der Waals surface area (Å²) in [5.74, 6) is 0.790. The lowest BCUT2D eigenvalue weighted by Gasteiger charge is -2.13. The van der Waals surface area contributed by atoms with E-state index in [0.29, 0.717) is 10.6 Å². The monoisotopic (exact) mass is 351 g/mol. The summed E-state index contributed by atoms with van der Waals surface area (Å²) in [6.07, 6.45) is 0. The molecule has 0 aliphatic carbocycles. The highest BCUT2D eigenvalue weighted by atomic mass is 32.2. The van der Waals surface area contributed by atoms with Gasteiger partial charge in [0, 0.05) is 18.0 Å². The molecule has 3 aromatic rings. The van der Waals surface area contributed by atoms with Gasteiger partial charge in [-0.25, -0.2) is 4.68 Å². The number of benzene rings is 2. The van der Waals surface area contributed by atoms with Gasteiger partial charge in [-0.15, -0.1) is 0 Å². The van der Waals surface area contributed by atoms with Crippen molar-refractivity contribution in [2.24, 2.45) is 0 Å². The number of aromatic nitrogens is 2. The number of hydrogen-bond acceptors (Lipinski definition) is 4. The zero-order valence-corrected chi connectivity index (χ0v) is 14.8. The van der Waals surface area contributed by atoms with E-state index in [1.54, 1.807) is 18.9 Å². The number of nitrogens with one attached hydrogen (secondary N) is 1. The van der Waals surface area contributed by atoms with Gasteiger partial charge in [0.1, 0.15) is 5.75 Å². The summed E-state index contributed by atoms with van der Waals surface area (Å²) in [5, 5.41) is 5.14. The van der Waals surface area contributed by atoms with Crippen molar-refractivity contribution in [1.29, 1.82) is 0 Å². The van der Waals surface area contributed by atoms with E-state index in [4.69, 9.17) is 4.74 Å². The Balaban J connectivity index is 1.92. The second-order valence-electron chi connectivity index (χ2n) is 5.74. The van der Waals surface area contributed by atoms with Gasteiger partial charge in [0.05, 0.1) is 34.1 Å². The highest BCUT2D eigenvalue weighted by Crippen LogP contribution is 2.46. The molecule has 0 saturated heterocycles. The molecule has 0 amide bonds. The third-order valence-corrected chi connectivity index (χ3v) is 5.47. The minimum atomic E-state index is -0.106. The summed E-state index contributed by atoms with van der Waals surface area (Å²) in [7, 11) is 3.60. The van der Waals surface area contributed by atoms with E-state index in [0.717, 1.165) is 27.0 Å². The molecule has 1 aliphatic heterocycles. The first-order valence-electron chi connectivity index (χ1n) is 7.79. The molecular formula is C19H17N3O2S. The van der Waals surface area contributed by atoms with Gasteiger partial charge in [0.15, 0.2) is 0 Å². The number of hydrogen-bond donors (Lipinski definition) is 1. The second kappa shape index (κ2) is 5.89. The Morgan fingerprint density at radius 1 is 1.16 bits per heavy atom. The zero-order valence-electron chi connectivity index (χ0n) is 13.9. The predicted molar refractivity (Wildman–Crippen MR) is 102 cm³/mol. The number of methoxy groups -OCH3 is 1. The van der Waals surface area contributed by atoms with E-state index in [1.807, 2.05) is 60.5 Å². The number of H-pyrrole nitrogens is 1. The number of fused-ring (bicyclic) bond motifs is 1. The Kier molecular flexibility index (Phi) is 3.69. The van der Waals surface area contributed by atoms with Crippen molar-refractivity contribution in [3.63, 3.8) is 0 Å². The van der Waals surface area contributed by atoms with E-state index >= 15 is 0 Å². The van der Waals surface area contributed by atoms with Crippen LogP contribution in [0.3, 0.4) is 0 Å². The lowest BCUT2D eigenvalue weighted by Crippen LogP contribution is -2.38. The van der Waals surface area contributed by atoms with E-state index < -0.39 is 0 Å². The molecule has 2 aromatic carbocycles. The van der Waals surface area contributed by atoms with Crippen LogP contribution in [0.25, 0.3) is 17.3 Å². The summed E-state index contributed by atoms with van der Waals surface area (Å²) in [4.78, 5) is 16.1. The van der Waals surface area contributed by atoms with E-state index in [-0.39, 0.29) is 5.56 Å². The molecule has 0 unspecified atom stereocenters. The maximum Gasteiger partial charge on any atom is 0.281 e. The van der Waals surface area contributed by atoms with Crippen LogP contribution in [0, 0.1) is 0 Å². The molecule has 0 fully saturated rings. The van der Waals surface area contributed by atoms with Crippen LogP contribution in [-0.4, -0.2) is 23.9 Å². The van der Waals surface area contributed by atoms with Gasteiger partial charge in [0.25, 0.3) is 5.56 Å². The molecule has 25 heavy (non-hydrogen) atoms. The van der Waals surface area contributed by atoms with E-state index in [1.165, 1.54) is 4.68 Å². The molecule has 0 atom stereocenters. The first-order valence-corrected chi connectivity index (χ1v) is 8.61. The van der Waals surface area contributed by atoms with Gasteiger partial charge in [-0.1, -0.05) is 36.5 Å². The third kappa shape index (κ3) is 2.46. The summed E-state index contributed by atoms with van der Waals surface area (Å²) in [6, 6.07) is 15.4. The average molecular weight is 351 g/mol. The summed E-state index contributed by atoms with van der Waals surface area (Å²) >= 11 is 1.57. The number of aromatic amines is 1. The Morgan fingerprint density at radius 3 is 2.64 bits per heavy atom. The van der Waals surface area contributed by atoms with Gasteiger partial charge in [-0.3, -0.25) is 9.89 Å². The molecule has 5 nitrogen and oxygen atoms in total. The summed E-state index contributed by atoms with van der Waals surface area (Å²) in [5.41, 5.74) is 1.70. The van der Waals surface area contributed by atoms with Crippen molar-refractivity contribution in [3.8, 4) is 11.4 Å². The minimum Gasteiger partial charge on any atom is -0.497 e. The lowest BCUT2D eigenvalue weighted by atomic mass is 10.3. The van der Waals surface area contributed by atoms with Crippen molar-refractivity contribution < 1.29 is 4.74 Å². The van der Waals surface area contributed by atoms with Crippen LogP contribution in [-0.2, 0) is 0 Å². The highest BCUT2D eigenvalue weighted by molar-refractivity contribution is 8.08. The van der Waals surface area contributed by atoms with Crippen LogP contribution in [0.5, 0.6) is 5.75 Å².